The number of benzene rings is 1. The first-order valence-corrected chi connectivity index (χ1v) is 7.25. The highest BCUT2D eigenvalue weighted by atomic mass is 16.4. The molecule has 2 rings (SSSR count). The van der Waals surface area contributed by atoms with Crippen molar-refractivity contribution in [1.29, 1.82) is 0 Å². The lowest BCUT2D eigenvalue weighted by atomic mass is 9.84. The Balaban J connectivity index is 1.93. The monoisotopic (exact) mass is 261 g/mol. The highest BCUT2D eigenvalue weighted by Crippen LogP contribution is 2.26. The summed E-state index contributed by atoms with van der Waals surface area (Å²) in [5.74, 6) is -0.00607. The Morgan fingerprint density at radius 1 is 1.37 bits per heavy atom. The number of rotatable bonds is 5. The van der Waals surface area contributed by atoms with Gasteiger partial charge >= 0.3 is 5.97 Å². The molecular weight excluding hydrogens is 238 g/mol. The Bertz CT molecular complexity index is 431. The Hall–Kier alpha value is -1.35. The summed E-state index contributed by atoms with van der Waals surface area (Å²) in [6.45, 7) is 2.91. The van der Waals surface area contributed by atoms with Crippen LogP contribution in [0.25, 0.3) is 0 Å². The van der Waals surface area contributed by atoms with Crippen molar-refractivity contribution < 1.29 is 9.90 Å². The summed E-state index contributed by atoms with van der Waals surface area (Å²) in [7, 11) is 0. The Morgan fingerprint density at radius 2 is 2.16 bits per heavy atom. The van der Waals surface area contributed by atoms with E-state index in [1.165, 1.54) is 32.1 Å². The molecule has 3 nitrogen and oxygen atoms in total. The molecule has 0 aliphatic heterocycles. The summed E-state index contributed by atoms with van der Waals surface area (Å²) in [6.07, 6.45) is 6.33. The largest absolute Gasteiger partial charge is 0.478 e. The highest BCUT2D eigenvalue weighted by Gasteiger charge is 2.20. The minimum Gasteiger partial charge on any atom is -0.478 e. The quantitative estimate of drug-likeness (QED) is 0.853. The van der Waals surface area contributed by atoms with Crippen LogP contribution in [0.3, 0.4) is 0 Å². The molecule has 2 atom stereocenters. The molecule has 0 bridgehead atoms. The maximum absolute atomic E-state index is 11.1. The fraction of sp³-hybridized carbons (Fsp3) is 0.562. The van der Waals surface area contributed by atoms with E-state index in [4.69, 9.17) is 5.11 Å². The predicted molar refractivity (Wildman–Crippen MR) is 76.3 cm³/mol. The van der Waals surface area contributed by atoms with Gasteiger partial charge in [0.1, 0.15) is 0 Å². The zero-order chi connectivity index (χ0) is 13.7. The minimum absolute atomic E-state index is 0.415. The van der Waals surface area contributed by atoms with Gasteiger partial charge in [-0.3, -0.25) is 0 Å². The van der Waals surface area contributed by atoms with E-state index in [1.54, 1.807) is 12.1 Å². The lowest BCUT2D eigenvalue weighted by Crippen LogP contribution is -2.34. The van der Waals surface area contributed by atoms with Crippen LogP contribution in [-0.4, -0.2) is 17.1 Å². The second-order valence-electron chi connectivity index (χ2n) is 5.48. The summed E-state index contributed by atoms with van der Waals surface area (Å²) < 4.78 is 0. The Morgan fingerprint density at radius 3 is 2.89 bits per heavy atom. The lowest BCUT2D eigenvalue weighted by Gasteiger charge is -2.29. The van der Waals surface area contributed by atoms with Crippen molar-refractivity contribution in [2.24, 2.45) is 5.92 Å². The van der Waals surface area contributed by atoms with Crippen molar-refractivity contribution in [2.75, 3.05) is 0 Å². The molecule has 3 heteroatoms. The van der Waals surface area contributed by atoms with Crippen molar-refractivity contribution in [3.05, 3.63) is 35.4 Å². The maximum Gasteiger partial charge on any atom is 0.336 e. The molecule has 0 spiro atoms. The lowest BCUT2D eigenvalue weighted by molar-refractivity contribution is 0.0695. The van der Waals surface area contributed by atoms with Gasteiger partial charge in [0.25, 0.3) is 0 Å². The molecule has 0 radical (unpaired) electrons. The van der Waals surface area contributed by atoms with Gasteiger partial charge in [-0.05, 0) is 30.4 Å². The average molecular weight is 261 g/mol. The molecule has 1 aliphatic carbocycles. The molecule has 1 aliphatic rings. The van der Waals surface area contributed by atoms with Crippen LogP contribution in [0.15, 0.2) is 24.3 Å². The van der Waals surface area contributed by atoms with Crippen LogP contribution in [0.4, 0.5) is 0 Å². The minimum atomic E-state index is -0.840. The summed E-state index contributed by atoms with van der Waals surface area (Å²) in [5.41, 5.74) is 1.30. The fourth-order valence-electron chi connectivity index (χ4n) is 2.98. The molecule has 1 aromatic rings. The Labute approximate surface area is 115 Å². The third-order valence-corrected chi connectivity index (χ3v) is 4.19. The number of hydrogen-bond donors (Lipinski definition) is 2. The van der Waals surface area contributed by atoms with Crippen LogP contribution in [0.2, 0.25) is 0 Å². The maximum atomic E-state index is 11.1. The van der Waals surface area contributed by atoms with E-state index in [-0.39, 0.29) is 0 Å². The first-order valence-electron chi connectivity index (χ1n) is 7.25. The van der Waals surface area contributed by atoms with Gasteiger partial charge in [-0.1, -0.05) is 44.4 Å². The van der Waals surface area contributed by atoms with Crippen LogP contribution in [0.1, 0.15) is 54.9 Å². The summed E-state index contributed by atoms with van der Waals surface area (Å²) in [5, 5.41) is 12.7. The molecule has 0 amide bonds. The standard InChI is InChI=1S/C16H23NO2/c1-2-12-6-5-8-14(10-12)17-11-13-7-3-4-9-15(13)16(18)19/h3-4,7,9,12,14,17H,2,5-6,8,10-11H2,1H3,(H,18,19). The third-order valence-electron chi connectivity index (χ3n) is 4.19. The average Bonchev–Trinajstić information content (AvgIpc) is 2.45. The molecule has 19 heavy (non-hydrogen) atoms. The van der Waals surface area contributed by atoms with Crippen molar-refractivity contribution in [3.63, 3.8) is 0 Å². The first-order chi connectivity index (χ1) is 9.20. The number of hydrogen-bond acceptors (Lipinski definition) is 2. The predicted octanol–water partition coefficient (Wildman–Crippen LogP) is 3.44. The van der Waals surface area contributed by atoms with Gasteiger partial charge in [-0.25, -0.2) is 4.79 Å². The smallest absolute Gasteiger partial charge is 0.336 e. The molecule has 0 saturated heterocycles. The number of carboxylic acids is 1. The third kappa shape index (κ3) is 3.80. The van der Waals surface area contributed by atoms with Crippen LogP contribution in [-0.2, 0) is 6.54 Å². The van der Waals surface area contributed by atoms with Gasteiger partial charge in [-0.2, -0.15) is 0 Å². The van der Waals surface area contributed by atoms with E-state index in [2.05, 4.69) is 12.2 Å². The van der Waals surface area contributed by atoms with Crippen LogP contribution in [0, 0.1) is 5.92 Å². The summed E-state index contributed by atoms with van der Waals surface area (Å²) >= 11 is 0. The van der Waals surface area contributed by atoms with Gasteiger partial charge in [-0.15, -0.1) is 0 Å². The van der Waals surface area contributed by atoms with Crippen LogP contribution in [0.5, 0.6) is 0 Å². The molecule has 0 heterocycles. The van der Waals surface area contributed by atoms with Gasteiger partial charge < -0.3 is 10.4 Å². The second-order valence-corrected chi connectivity index (χ2v) is 5.48. The number of carbonyl (C=O) groups is 1. The second kappa shape index (κ2) is 6.71. The van der Waals surface area contributed by atoms with E-state index in [0.29, 0.717) is 18.2 Å². The molecular formula is C16H23NO2. The number of nitrogens with one attached hydrogen (secondary N) is 1. The van der Waals surface area contributed by atoms with E-state index in [1.807, 2.05) is 12.1 Å². The number of carboxylic acid groups (broad SMARTS) is 1. The molecule has 104 valence electrons. The zero-order valence-corrected chi connectivity index (χ0v) is 11.6. The normalized spacial score (nSPS) is 23.2. The molecule has 2 unspecified atom stereocenters. The van der Waals surface area contributed by atoms with Crippen LogP contribution < -0.4 is 5.32 Å². The van der Waals surface area contributed by atoms with Crippen molar-refractivity contribution in [1.82, 2.24) is 5.32 Å². The topological polar surface area (TPSA) is 49.3 Å². The molecule has 0 aromatic heterocycles. The van der Waals surface area contributed by atoms with Gasteiger partial charge in [0.2, 0.25) is 0 Å². The van der Waals surface area contributed by atoms with E-state index in [0.717, 1.165) is 11.5 Å². The van der Waals surface area contributed by atoms with E-state index < -0.39 is 5.97 Å². The van der Waals surface area contributed by atoms with Gasteiger partial charge in [0.15, 0.2) is 0 Å². The van der Waals surface area contributed by atoms with Gasteiger partial charge in [0, 0.05) is 12.6 Å². The summed E-state index contributed by atoms with van der Waals surface area (Å²) in [6, 6.07) is 7.80. The highest BCUT2D eigenvalue weighted by molar-refractivity contribution is 5.89. The molecule has 1 saturated carbocycles. The zero-order valence-electron chi connectivity index (χ0n) is 11.6. The first kappa shape index (κ1) is 14.1. The summed E-state index contributed by atoms with van der Waals surface area (Å²) in [4.78, 5) is 11.1. The Kier molecular flexibility index (Phi) is 4.97. The SMILES string of the molecule is CCC1CCCC(NCc2ccccc2C(=O)O)C1. The number of aromatic carboxylic acids is 1. The van der Waals surface area contributed by atoms with E-state index >= 15 is 0 Å². The van der Waals surface area contributed by atoms with Crippen molar-refractivity contribution in [3.8, 4) is 0 Å². The van der Waals surface area contributed by atoms with Crippen molar-refractivity contribution in [2.45, 2.75) is 51.6 Å². The molecule has 1 fully saturated rings. The van der Waals surface area contributed by atoms with Gasteiger partial charge in [0.05, 0.1) is 5.56 Å². The van der Waals surface area contributed by atoms with E-state index in [9.17, 15) is 4.79 Å². The fourth-order valence-corrected chi connectivity index (χ4v) is 2.98. The van der Waals surface area contributed by atoms with Crippen molar-refractivity contribution >= 4 is 5.97 Å². The molecule has 1 aromatic carbocycles. The molecule has 2 N–H and O–H groups in total. The van der Waals surface area contributed by atoms with Crippen LogP contribution >= 0.6 is 0 Å².